The number of nitrogens with zero attached hydrogens (tertiary/aromatic N) is 1. The number of hydrogen-bond donors (Lipinski definition) is 0. The first-order valence-electron chi connectivity index (χ1n) is 18.7. The van der Waals surface area contributed by atoms with E-state index in [1.54, 1.807) is 0 Å². The van der Waals surface area contributed by atoms with Crippen LogP contribution in [0.5, 0.6) is 0 Å². The van der Waals surface area contributed by atoms with Crippen molar-refractivity contribution < 1.29 is 0 Å². The molecule has 0 fully saturated rings. The molecule has 1 heteroatoms. The predicted molar refractivity (Wildman–Crippen MR) is 220 cm³/mol. The minimum atomic E-state index is -0.363. The molecule has 0 unspecified atom stereocenters. The maximum atomic E-state index is 2.46. The van der Waals surface area contributed by atoms with Gasteiger partial charge in [0.15, 0.2) is 0 Å². The lowest BCUT2D eigenvalue weighted by Gasteiger charge is -2.31. The lowest BCUT2D eigenvalue weighted by Crippen LogP contribution is -2.25. The van der Waals surface area contributed by atoms with E-state index in [-0.39, 0.29) is 10.8 Å². The van der Waals surface area contributed by atoms with Gasteiger partial charge < -0.3 is 4.90 Å². The molecule has 8 aromatic carbocycles. The number of anilines is 3. The van der Waals surface area contributed by atoms with Crippen LogP contribution >= 0.6 is 0 Å². The fourth-order valence-electron chi connectivity index (χ4n) is 9.98. The van der Waals surface area contributed by atoms with Gasteiger partial charge in [-0.1, -0.05) is 166 Å². The molecule has 8 aromatic rings. The van der Waals surface area contributed by atoms with Crippen LogP contribution in [0.25, 0.3) is 44.5 Å². The molecular formula is C52H37N. The monoisotopic (exact) mass is 675 g/mol. The third kappa shape index (κ3) is 4.08. The Labute approximate surface area is 311 Å². The van der Waals surface area contributed by atoms with Gasteiger partial charge in [-0.15, -0.1) is 0 Å². The second-order valence-electron chi connectivity index (χ2n) is 15.3. The van der Waals surface area contributed by atoms with Gasteiger partial charge in [-0.3, -0.25) is 0 Å². The molecule has 0 N–H and O–H groups in total. The van der Waals surface area contributed by atoms with Gasteiger partial charge in [0.05, 0.1) is 5.41 Å². The molecule has 3 aliphatic carbocycles. The van der Waals surface area contributed by atoms with E-state index in [1.807, 2.05) is 0 Å². The van der Waals surface area contributed by atoms with Gasteiger partial charge >= 0.3 is 0 Å². The Morgan fingerprint density at radius 1 is 0.302 bits per heavy atom. The highest BCUT2D eigenvalue weighted by molar-refractivity contribution is 5.97. The maximum Gasteiger partial charge on any atom is 0.0725 e. The van der Waals surface area contributed by atoms with Crippen molar-refractivity contribution in [2.24, 2.45) is 0 Å². The minimum Gasteiger partial charge on any atom is -0.310 e. The lowest BCUT2D eigenvalue weighted by molar-refractivity contribution is 0.660. The molecule has 53 heavy (non-hydrogen) atoms. The highest BCUT2D eigenvalue weighted by Gasteiger charge is 2.51. The van der Waals surface area contributed by atoms with Crippen LogP contribution in [0.1, 0.15) is 47.2 Å². The molecule has 3 aliphatic rings. The van der Waals surface area contributed by atoms with Gasteiger partial charge in [-0.25, -0.2) is 0 Å². The average Bonchev–Trinajstić information content (AvgIpc) is 3.77. The molecule has 0 heterocycles. The van der Waals surface area contributed by atoms with E-state index < -0.39 is 0 Å². The van der Waals surface area contributed by atoms with Crippen LogP contribution in [-0.2, 0) is 10.8 Å². The molecule has 1 spiro atoms. The van der Waals surface area contributed by atoms with E-state index in [9.17, 15) is 0 Å². The van der Waals surface area contributed by atoms with E-state index >= 15 is 0 Å². The van der Waals surface area contributed by atoms with Crippen molar-refractivity contribution in [1.29, 1.82) is 0 Å². The van der Waals surface area contributed by atoms with Gasteiger partial charge in [0.1, 0.15) is 0 Å². The van der Waals surface area contributed by atoms with Crippen molar-refractivity contribution in [2.75, 3.05) is 4.90 Å². The Bertz CT molecular complexity index is 2720. The number of hydrogen-bond acceptors (Lipinski definition) is 1. The molecule has 1 nitrogen and oxygen atoms in total. The first kappa shape index (κ1) is 30.2. The molecule has 0 bridgehead atoms. The van der Waals surface area contributed by atoms with Crippen molar-refractivity contribution in [2.45, 2.75) is 24.7 Å². The fourth-order valence-corrected chi connectivity index (χ4v) is 9.98. The lowest BCUT2D eigenvalue weighted by atomic mass is 9.70. The van der Waals surface area contributed by atoms with Crippen LogP contribution in [0.15, 0.2) is 188 Å². The largest absolute Gasteiger partial charge is 0.310 e. The van der Waals surface area contributed by atoms with Gasteiger partial charge in [0.25, 0.3) is 0 Å². The van der Waals surface area contributed by atoms with Crippen molar-refractivity contribution in [3.63, 3.8) is 0 Å². The second-order valence-corrected chi connectivity index (χ2v) is 15.3. The number of benzene rings is 8. The average molecular weight is 676 g/mol. The Balaban J connectivity index is 1.16. The molecule has 0 saturated heterocycles. The molecule has 0 aromatic heterocycles. The van der Waals surface area contributed by atoms with E-state index in [1.165, 1.54) is 77.9 Å². The van der Waals surface area contributed by atoms with E-state index in [4.69, 9.17) is 0 Å². The summed E-state index contributed by atoms with van der Waals surface area (Å²) in [6, 6.07) is 70.1. The highest BCUT2D eigenvalue weighted by Crippen LogP contribution is 2.63. The molecule has 0 amide bonds. The first-order chi connectivity index (χ1) is 26.0. The summed E-state index contributed by atoms with van der Waals surface area (Å²) in [7, 11) is 0. The predicted octanol–water partition coefficient (Wildman–Crippen LogP) is 13.5. The van der Waals surface area contributed by atoms with E-state index in [2.05, 4.69) is 207 Å². The van der Waals surface area contributed by atoms with Crippen LogP contribution in [0.2, 0.25) is 0 Å². The first-order valence-corrected chi connectivity index (χ1v) is 18.7. The quantitative estimate of drug-likeness (QED) is 0.179. The van der Waals surface area contributed by atoms with Crippen LogP contribution in [-0.4, -0.2) is 0 Å². The van der Waals surface area contributed by atoms with Crippen LogP contribution in [0.3, 0.4) is 0 Å². The van der Waals surface area contributed by atoms with Crippen molar-refractivity contribution >= 4 is 17.1 Å². The molecule has 250 valence electrons. The molecule has 0 radical (unpaired) electrons. The maximum absolute atomic E-state index is 2.46. The van der Waals surface area contributed by atoms with Gasteiger partial charge in [0.2, 0.25) is 0 Å². The SMILES string of the molecule is CC1(C)c2ccccc2-c2cc(N(c3cccc(-c4ccccc4)c3)c3ccc4c(c3)-c3ccccc3C43c4ccccc4-c4ccccc43)ccc21. The van der Waals surface area contributed by atoms with Gasteiger partial charge in [-0.2, -0.15) is 0 Å². The van der Waals surface area contributed by atoms with E-state index in [0.717, 1.165) is 17.1 Å². The van der Waals surface area contributed by atoms with Gasteiger partial charge in [0, 0.05) is 22.5 Å². The number of rotatable bonds is 4. The van der Waals surface area contributed by atoms with Crippen LogP contribution < -0.4 is 4.90 Å². The Hall–Kier alpha value is -6.44. The van der Waals surface area contributed by atoms with Crippen molar-refractivity contribution in [3.8, 4) is 44.5 Å². The number of fused-ring (bicyclic) bond motifs is 13. The van der Waals surface area contributed by atoms with Crippen LogP contribution in [0.4, 0.5) is 17.1 Å². The summed E-state index contributed by atoms with van der Waals surface area (Å²) in [5, 5.41) is 0. The summed E-state index contributed by atoms with van der Waals surface area (Å²) < 4.78 is 0. The minimum absolute atomic E-state index is 0.0536. The zero-order chi connectivity index (χ0) is 35.3. The summed E-state index contributed by atoms with van der Waals surface area (Å²) in [4.78, 5) is 2.46. The third-order valence-electron chi connectivity index (χ3n) is 12.3. The van der Waals surface area contributed by atoms with Crippen molar-refractivity contribution in [3.05, 3.63) is 221 Å². The third-order valence-corrected chi connectivity index (χ3v) is 12.3. The van der Waals surface area contributed by atoms with E-state index in [0.29, 0.717) is 0 Å². The summed E-state index contributed by atoms with van der Waals surface area (Å²) in [5.74, 6) is 0. The Morgan fingerprint density at radius 3 is 1.30 bits per heavy atom. The fraction of sp³-hybridized carbons (Fsp3) is 0.0769. The zero-order valence-electron chi connectivity index (χ0n) is 29.8. The van der Waals surface area contributed by atoms with Crippen molar-refractivity contribution in [1.82, 2.24) is 0 Å². The zero-order valence-corrected chi connectivity index (χ0v) is 29.8. The second kappa shape index (κ2) is 11.0. The molecule has 11 rings (SSSR count). The van der Waals surface area contributed by atoms with Crippen LogP contribution in [0, 0.1) is 0 Å². The highest BCUT2D eigenvalue weighted by atomic mass is 15.1. The Kier molecular flexibility index (Phi) is 6.29. The normalized spacial score (nSPS) is 14.5. The molecule has 0 atom stereocenters. The topological polar surface area (TPSA) is 3.24 Å². The summed E-state index contributed by atoms with van der Waals surface area (Å²) in [6.45, 7) is 4.71. The molecular weight excluding hydrogens is 639 g/mol. The van der Waals surface area contributed by atoms with Gasteiger partial charge in [-0.05, 0) is 114 Å². The Morgan fingerprint density at radius 2 is 0.698 bits per heavy atom. The standard InChI is InChI=1S/C52H37N/c1-51(2)45-23-10-6-21-41(45)43-32-37(27-29-46(43)51)53(36-18-14-17-35(31-36)34-15-4-3-5-16-34)38-28-30-50-44(33-38)42-22-9-13-26-49(42)52(50)47-24-11-7-19-39(47)40-20-8-12-25-48(40)52/h3-33H,1-2H3. The molecule has 0 saturated carbocycles. The summed E-state index contributed by atoms with van der Waals surface area (Å²) in [5.41, 5.74) is 21.5. The smallest absolute Gasteiger partial charge is 0.0725 e. The summed E-state index contributed by atoms with van der Waals surface area (Å²) >= 11 is 0. The molecule has 0 aliphatic heterocycles. The summed E-state index contributed by atoms with van der Waals surface area (Å²) in [6.07, 6.45) is 0.